The van der Waals surface area contributed by atoms with Gasteiger partial charge in [0.05, 0.1) is 11.9 Å². The molecule has 0 fully saturated rings. The maximum absolute atomic E-state index is 13.4. The van der Waals surface area contributed by atoms with Crippen LogP contribution in [0, 0.1) is 11.6 Å². The van der Waals surface area contributed by atoms with Gasteiger partial charge in [-0.2, -0.15) is 0 Å². The molecule has 0 saturated carbocycles. The first-order valence-electron chi connectivity index (χ1n) is 8.53. The lowest BCUT2D eigenvalue weighted by Crippen LogP contribution is -2.31. The molecular weight excluding hydrogens is 374 g/mol. The van der Waals surface area contributed by atoms with Gasteiger partial charge in [-0.25, -0.2) is 17.2 Å². The fourth-order valence-corrected chi connectivity index (χ4v) is 3.63. The number of hydrogen-bond acceptors (Lipinski definition) is 3. The van der Waals surface area contributed by atoms with Crippen LogP contribution in [0.15, 0.2) is 42.5 Å². The number of nitrogens with one attached hydrogen (secondary N) is 1. The minimum atomic E-state index is -3.70. The number of rotatable bonds is 8. The highest BCUT2D eigenvalue weighted by Gasteiger charge is 2.19. The molecule has 0 saturated heterocycles. The Labute approximate surface area is 158 Å². The Bertz CT molecular complexity index is 917. The third kappa shape index (κ3) is 5.75. The Morgan fingerprint density at radius 1 is 1.11 bits per heavy atom. The monoisotopic (exact) mass is 396 g/mol. The van der Waals surface area contributed by atoms with Crippen LogP contribution in [0.5, 0.6) is 0 Å². The molecule has 0 aliphatic heterocycles. The van der Waals surface area contributed by atoms with E-state index in [1.165, 1.54) is 6.07 Å². The molecule has 0 aliphatic rings. The SMILES string of the molecule is CCc1ccccc1NC(=O)CCCN(c1ccc(F)c(F)c1)S(C)(=O)=O. The molecule has 2 rings (SSSR count). The zero-order valence-electron chi connectivity index (χ0n) is 15.2. The second kappa shape index (κ2) is 8.94. The summed E-state index contributed by atoms with van der Waals surface area (Å²) >= 11 is 0. The molecule has 27 heavy (non-hydrogen) atoms. The highest BCUT2D eigenvalue weighted by atomic mass is 32.2. The third-order valence-corrected chi connectivity index (χ3v) is 5.22. The molecule has 8 heteroatoms. The highest BCUT2D eigenvalue weighted by Crippen LogP contribution is 2.21. The lowest BCUT2D eigenvalue weighted by Gasteiger charge is -2.22. The summed E-state index contributed by atoms with van der Waals surface area (Å²) in [7, 11) is -3.70. The summed E-state index contributed by atoms with van der Waals surface area (Å²) in [6.45, 7) is 1.96. The van der Waals surface area contributed by atoms with E-state index in [4.69, 9.17) is 0 Å². The molecule has 5 nitrogen and oxygen atoms in total. The van der Waals surface area contributed by atoms with Gasteiger partial charge in [-0.3, -0.25) is 9.10 Å². The number of hydrogen-bond donors (Lipinski definition) is 1. The van der Waals surface area contributed by atoms with E-state index < -0.39 is 21.7 Å². The van der Waals surface area contributed by atoms with Crippen molar-refractivity contribution in [1.82, 2.24) is 0 Å². The number of carbonyl (C=O) groups is 1. The van der Waals surface area contributed by atoms with E-state index in [2.05, 4.69) is 5.32 Å². The van der Waals surface area contributed by atoms with Crippen LogP contribution in [-0.2, 0) is 21.2 Å². The summed E-state index contributed by atoms with van der Waals surface area (Å²) in [5.41, 5.74) is 1.75. The van der Waals surface area contributed by atoms with Crippen molar-refractivity contribution in [2.24, 2.45) is 0 Å². The summed E-state index contributed by atoms with van der Waals surface area (Å²) < 4.78 is 51.5. The lowest BCUT2D eigenvalue weighted by molar-refractivity contribution is -0.116. The Balaban J connectivity index is 2.01. The molecule has 0 aliphatic carbocycles. The Hall–Kier alpha value is -2.48. The average molecular weight is 396 g/mol. The van der Waals surface area contributed by atoms with Gasteiger partial charge in [0.15, 0.2) is 11.6 Å². The van der Waals surface area contributed by atoms with Crippen molar-refractivity contribution in [3.05, 3.63) is 59.7 Å². The van der Waals surface area contributed by atoms with E-state index in [0.29, 0.717) is 0 Å². The van der Waals surface area contributed by atoms with Crippen LogP contribution in [0.1, 0.15) is 25.3 Å². The van der Waals surface area contributed by atoms with Crippen LogP contribution >= 0.6 is 0 Å². The molecule has 0 radical (unpaired) electrons. The Morgan fingerprint density at radius 2 is 1.81 bits per heavy atom. The van der Waals surface area contributed by atoms with Gasteiger partial charge in [0.25, 0.3) is 0 Å². The number of halogens is 2. The first kappa shape index (κ1) is 20.8. The molecule has 2 aromatic carbocycles. The predicted molar refractivity (Wildman–Crippen MR) is 102 cm³/mol. The first-order chi connectivity index (χ1) is 12.7. The van der Waals surface area contributed by atoms with Gasteiger partial charge in [0.1, 0.15) is 0 Å². The van der Waals surface area contributed by atoms with E-state index in [-0.39, 0.29) is 31.0 Å². The van der Waals surface area contributed by atoms with Gasteiger partial charge in [-0.15, -0.1) is 0 Å². The van der Waals surface area contributed by atoms with Crippen LogP contribution in [-0.4, -0.2) is 27.1 Å². The quantitative estimate of drug-likeness (QED) is 0.740. The highest BCUT2D eigenvalue weighted by molar-refractivity contribution is 7.92. The molecule has 1 amide bonds. The minimum Gasteiger partial charge on any atom is -0.326 e. The summed E-state index contributed by atoms with van der Waals surface area (Å²) in [6, 6.07) is 10.3. The molecule has 0 atom stereocenters. The van der Waals surface area contributed by atoms with E-state index in [1.807, 2.05) is 25.1 Å². The van der Waals surface area contributed by atoms with Crippen LogP contribution in [0.2, 0.25) is 0 Å². The molecule has 2 aromatic rings. The fourth-order valence-electron chi connectivity index (χ4n) is 2.67. The van der Waals surface area contributed by atoms with Gasteiger partial charge in [-0.1, -0.05) is 25.1 Å². The molecule has 0 bridgehead atoms. The van der Waals surface area contributed by atoms with Gasteiger partial charge >= 0.3 is 0 Å². The number of benzene rings is 2. The number of aryl methyl sites for hydroxylation is 1. The Morgan fingerprint density at radius 3 is 2.44 bits per heavy atom. The van der Waals surface area contributed by atoms with Gasteiger partial charge in [0.2, 0.25) is 15.9 Å². The molecule has 0 spiro atoms. The summed E-state index contributed by atoms with van der Waals surface area (Å²) in [4.78, 5) is 12.2. The van der Waals surface area contributed by atoms with Crippen molar-refractivity contribution in [2.45, 2.75) is 26.2 Å². The van der Waals surface area contributed by atoms with Crippen LogP contribution in [0.3, 0.4) is 0 Å². The molecule has 0 aromatic heterocycles. The smallest absolute Gasteiger partial charge is 0.232 e. The number of nitrogens with zero attached hydrogens (tertiary/aromatic N) is 1. The van der Waals surface area contributed by atoms with Gasteiger partial charge < -0.3 is 5.32 Å². The molecule has 0 heterocycles. The van der Waals surface area contributed by atoms with Gasteiger partial charge in [0, 0.05) is 24.7 Å². The van der Waals surface area contributed by atoms with Crippen molar-refractivity contribution in [2.75, 3.05) is 22.4 Å². The third-order valence-electron chi connectivity index (χ3n) is 4.03. The van der Waals surface area contributed by atoms with Crippen molar-refractivity contribution in [3.63, 3.8) is 0 Å². The van der Waals surface area contributed by atoms with Crippen molar-refractivity contribution >= 4 is 27.3 Å². The maximum atomic E-state index is 13.4. The van der Waals surface area contributed by atoms with Crippen LogP contribution < -0.4 is 9.62 Å². The topological polar surface area (TPSA) is 66.5 Å². The summed E-state index contributed by atoms with van der Waals surface area (Å²) in [5.74, 6) is -2.43. The summed E-state index contributed by atoms with van der Waals surface area (Å²) in [6.07, 6.45) is 2.07. The first-order valence-corrected chi connectivity index (χ1v) is 10.4. The molecule has 1 N–H and O–H groups in total. The van der Waals surface area contributed by atoms with Gasteiger partial charge in [-0.05, 0) is 36.6 Å². The average Bonchev–Trinajstić information content (AvgIpc) is 2.60. The van der Waals surface area contributed by atoms with E-state index >= 15 is 0 Å². The standard InChI is InChI=1S/C19H22F2N2O3S/c1-3-14-7-4-5-8-18(14)22-19(24)9-6-12-23(27(2,25)26)15-10-11-16(20)17(21)13-15/h4-5,7-8,10-11,13H,3,6,9,12H2,1-2H3,(H,22,24). The van der Waals surface area contributed by atoms with E-state index in [1.54, 1.807) is 6.07 Å². The zero-order valence-corrected chi connectivity index (χ0v) is 16.0. The second-order valence-electron chi connectivity index (χ2n) is 6.10. The number of amides is 1. The number of sulfonamides is 1. The van der Waals surface area contributed by atoms with Crippen molar-refractivity contribution in [1.29, 1.82) is 0 Å². The largest absolute Gasteiger partial charge is 0.326 e. The fraction of sp³-hybridized carbons (Fsp3) is 0.316. The second-order valence-corrected chi connectivity index (χ2v) is 8.00. The lowest BCUT2D eigenvalue weighted by atomic mass is 10.1. The Kier molecular flexibility index (Phi) is 6.90. The number of para-hydroxylation sites is 1. The van der Waals surface area contributed by atoms with Crippen molar-refractivity contribution in [3.8, 4) is 0 Å². The van der Waals surface area contributed by atoms with E-state index in [9.17, 15) is 22.0 Å². The molecule has 146 valence electrons. The minimum absolute atomic E-state index is 0.0211. The normalized spacial score (nSPS) is 11.3. The zero-order chi connectivity index (χ0) is 20.0. The maximum Gasteiger partial charge on any atom is 0.232 e. The molecular formula is C19H22F2N2O3S. The summed E-state index contributed by atoms with van der Waals surface area (Å²) in [5, 5.41) is 2.81. The number of anilines is 2. The number of carbonyl (C=O) groups excluding carboxylic acids is 1. The predicted octanol–water partition coefficient (Wildman–Crippen LogP) is 3.71. The molecule has 0 unspecified atom stereocenters. The van der Waals surface area contributed by atoms with Crippen molar-refractivity contribution < 1.29 is 22.0 Å². The van der Waals surface area contributed by atoms with E-state index in [0.717, 1.165) is 40.4 Å². The van der Waals surface area contributed by atoms with Crippen LogP contribution in [0.25, 0.3) is 0 Å². The van der Waals surface area contributed by atoms with Crippen LogP contribution in [0.4, 0.5) is 20.2 Å².